The zero-order chi connectivity index (χ0) is 14.3. The van der Waals surface area contributed by atoms with Crippen molar-refractivity contribution >= 4 is 29.2 Å². The number of aliphatic imine (C=N–C) groups is 1. The number of guanidine groups is 1. The highest BCUT2D eigenvalue weighted by atomic mass is 35.5. The monoisotopic (exact) mass is 311 g/mol. The van der Waals surface area contributed by atoms with Crippen LogP contribution < -0.4 is 5.73 Å². The molecule has 3 rings (SSSR count). The third-order valence-electron chi connectivity index (χ3n) is 4.30. The molecule has 2 N–H and O–H groups in total. The number of hydrogen-bond acceptors (Lipinski definition) is 1. The summed E-state index contributed by atoms with van der Waals surface area (Å²) in [6.07, 6.45) is 4.56. The highest BCUT2D eigenvalue weighted by Gasteiger charge is 2.32. The number of nitrogens with two attached hydrogens (primary N) is 1. The lowest BCUT2D eigenvalue weighted by atomic mass is 9.76. The molecule has 0 heterocycles. The molecule has 2 fully saturated rings. The minimum absolute atomic E-state index is 0.343. The van der Waals surface area contributed by atoms with Gasteiger partial charge in [-0.1, -0.05) is 29.3 Å². The Hall–Kier alpha value is -0.930. The Morgan fingerprint density at radius 2 is 1.95 bits per heavy atom. The van der Waals surface area contributed by atoms with Crippen LogP contribution in [0.5, 0.6) is 0 Å². The fourth-order valence-electron chi connectivity index (χ4n) is 2.66. The second-order valence-corrected chi connectivity index (χ2v) is 6.64. The summed E-state index contributed by atoms with van der Waals surface area (Å²) >= 11 is 12.0. The van der Waals surface area contributed by atoms with Gasteiger partial charge in [0.15, 0.2) is 5.96 Å². The first kappa shape index (κ1) is 14.0. The van der Waals surface area contributed by atoms with Crippen LogP contribution in [0.3, 0.4) is 0 Å². The predicted octanol–water partition coefficient (Wildman–Crippen LogP) is 3.65. The van der Waals surface area contributed by atoms with Crippen LogP contribution in [0.25, 0.3) is 0 Å². The van der Waals surface area contributed by atoms with Gasteiger partial charge in [0.1, 0.15) is 0 Å². The Labute approximate surface area is 129 Å². The van der Waals surface area contributed by atoms with Gasteiger partial charge in [0.2, 0.25) is 0 Å². The van der Waals surface area contributed by atoms with Crippen molar-refractivity contribution < 1.29 is 0 Å². The summed E-state index contributed by atoms with van der Waals surface area (Å²) in [6, 6.07) is 6.85. The number of halogens is 2. The van der Waals surface area contributed by atoms with Gasteiger partial charge in [0.25, 0.3) is 0 Å². The molecule has 0 spiro atoms. The third kappa shape index (κ3) is 2.89. The molecule has 3 nitrogen and oxygen atoms in total. The lowest BCUT2D eigenvalue weighted by Crippen LogP contribution is -2.38. The van der Waals surface area contributed by atoms with Crippen LogP contribution in [-0.4, -0.2) is 30.0 Å². The molecule has 0 saturated heterocycles. The summed E-state index contributed by atoms with van der Waals surface area (Å²) in [5, 5.41) is 1.24. The Kier molecular flexibility index (Phi) is 3.83. The van der Waals surface area contributed by atoms with E-state index in [1.165, 1.54) is 18.4 Å². The summed E-state index contributed by atoms with van der Waals surface area (Å²) in [5.41, 5.74) is 7.28. The van der Waals surface area contributed by atoms with Gasteiger partial charge in [-0.15, -0.1) is 0 Å². The Morgan fingerprint density at radius 1 is 1.25 bits per heavy atom. The van der Waals surface area contributed by atoms with Crippen LogP contribution in [0.1, 0.15) is 37.2 Å². The van der Waals surface area contributed by atoms with E-state index in [0.29, 0.717) is 34.0 Å². The standard InChI is InChI=1S/C15H19Cl2N3/c1-20(12-3-4-12)15(18)19-11-6-10(7-11)9-2-5-13(16)14(17)8-9/h2,5,8,10-12H,3-4,6-7H2,1H3,(H2,18,19). The van der Waals surface area contributed by atoms with Crippen LogP contribution >= 0.6 is 23.2 Å². The average molecular weight is 312 g/mol. The summed E-state index contributed by atoms with van der Waals surface area (Å²) in [4.78, 5) is 6.72. The van der Waals surface area contributed by atoms with Crippen molar-refractivity contribution in [3.8, 4) is 0 Å². The summed E-state index contributed by atoms with van der Waals surface area (Å²) in [7, 11) is 2.03. The van der Waals surface area contributed by atoms with E-state index < -0.39 is 0 Å². The first-order valence-corrected chi connectivity index (χ1v) is 7.81. The fraction of sp³-hybridized carbons (Fsp3) is 0.533. The number of hydrogen-bond donors (Lipinski definition) is 1. The first-order chi connectivity index (χ1) is 9.54. The van der Waals surface area contributed by atoms with E-state index in [4.69, 9.17) is 28.9 Å². The molecule has 108 valence electrons. The van der Waals surface area contributed by atoms with Crippen LogP contribution in [-0.2, 0) is 0 Å². The molecule has 2 saturated carbocycles. The maximum atomic E-state index is 6.06. The van der Waals surface area contributed by atoms with E-state index >= 15 is 0 Å². The molecular weight excluding hydrogens is 293 g/mol. The highest BCUT2D eigenvalue weighted by molar-refractivity contribution is 6.42. The van der Waals surface area contributed by atoms with E-state index in [0.717, 1.165) is 12.8 Å². The average Bonchev–Trinajstić information content (AvgIpc) is 3.20. The number of nitrogens with zero attached hydrogens (tertiary/aromatic N) is 2. The Morgan fingerprint density at radius 3 is 2.55 bits per heavy atom. The van der Waals surface area contributed by atoms with Gasteiger partial charge in [-0.2, -0.15) is 0 Å². The molecule has 0 bridgehead atoms. The minimum atomic E-state index is 0.343. The maximum Gasteiger partial charge on any atom is 0.191 e. The van der Waals surface area contributed by atoms with Crippen molar-refractivity contribution in [1.82, 2.24) is 4.90 Å². The van der Waals surface area contributed by atoms with Gasteiger partial charge < -0.3 is 10.6 Å². The molecule has 0 unspecified atom stereocenters. The van der Waals surface area contributed by atoms with E-state index in [-0.39, 0.29) is 0 Å². The van der Waals surface area contributed by atoms with Gasteiger partial charge in [-0.05, 0) is 49.3 Å². The van der Waals surface area contributed by atoms with Crippen molar-refractivity contribution in [2.24, 2.45) is 10.7 Å². The molecular formula is C15H19Cl2N3. The lowest BCUT2D eigenvalue weighted by Gasteiger charge is -2.34. The van der Waals surface area contributed by atoms with Gasteiger partial charge in [-0.3, -0.25) is 0 Å². The van der Waals surface area contributed by atoms with Crippen molar-refractivity contribution in [2.45, 2.75) is 43.7 Å². The van der Waals surface area contributed by atoms with Crippen molar-refractivity contribution in [2.75, 3.05) is 7.05 Å². The van der Waals surface area contributed by atoms with Crippen molar-refractivity contribution in [3.05, 3.63) is 33.8 Å². The Bertz CT molecular complexity index is 534. The predicted molar refractivity (Wildman–Crippen MR) is 84.6 cm³/mol. The van der Waals surface area contributed by atoms with Gasteiger partial charge in [-0.25, -0.2) is 4.99 Å². The highest BCUT2D eigenvalue weighted by Crippen LogP contribution is 2.40. The van der Waals surface area contributed by atoms with Gasteiger partial charge in [0.05, 0.1) is 16.1 Å². The molecule has 0 aromatic heterocycles. The zero-order valence-electron chi connectivity index (χ0n) is 11.5. The van der Waals surface area contributed by atoms with Crippen molar-refractivity contribution in [3.63, 3.8) is 0 Å². The smallest absolute Gasteiger partial charge is 0.191 e. The summed E-state index contributed by atoms with van der Waals surface area (Å²) in [5.74, 6) is 1.21. The second kappa shape index (κ2) is 5.45. The van der Waals surface area contributed by atoms with Gasteiger partial charge in [0, 0.05) is 13.1 Å². The molecule has 20 heavy (non-hydrogen) atoms. The van der Waals surface area contributed by atoms with Crippen LogP contribution in [0, 0.1) is 0 Å². The molecule has 0 radical (unpaired) electrons. The lowest BCUT2D eigenvalue weighted by molar-refractivity contribution is 0.347. The van der Waals surface area contributed by atoms with E-state index in [9.17, 15) is 0 Å². The summed E-state index contributed by atoms with van der Waals surface area (Å²) in [6.45, 7) is 0. The molecule has 0 atom stereocenters. The second-order valence-electron chi connectivity index (χ2n) is 5.83. The van der Waals surface area contributed by atoms with Crippen LogP contribution in [0.4, 0.5) is 0 Å². The van der Waals surface area contributed by atoms with E-state index in [2.05, 4.69) is 16.0 Å². The largest absolute Gasteiger partial charge is 0.370 e. The molecule has 1 aromatic carbocycles. The zero-order valence-corrected chi connectivity index (χ0v) is 13.0. The molecule has 1 aromatic rings. The number of benzene rings is 1. The SMILES string of the molecule is CN(C(N)=NC1CC(c2ccc(Cl)c(Cl)c2)C1)C1CC1. The maximum absolute atomic E-state index is 6.06. The van der Waals surface area contributed by atoms with Gasteiger partial charge >= 0.3 is 0 Å². The normalized spacial score (nSPS) is 26.2. The summed E-state index contributed by atoms with van der Waals surface area (Å²) < 4.78 is 0. The molecule has 0 amide bonds. The van der Waals surface area contributed by atoms with Crippen LogP contribution in [0.2, 0.25) is 10.0 Å². The van der Waals surface area contributed by atoms with E-state index in [1.54, 1.807) is 0 Å². The quantitative estimate of drug-likeness (QED) is 0.684. The molecule has 0 aliphatic heterocycles. The van der Waals surface area contributed by atoms with Crippen molar-refractivity contribution in [1.29, 1.82) is 0 Å². The first-order valence-electron chi connectivity index (χ1n) is 7.05. The molecule has 2 aliphatic carbocycles. The molecule has 5 heteroatoms. The van der Waals surface area contributed by atoms with Crippen LogP contribution in [0.15, 0.2) is 23.2 Å². The van der Waals surface area contributed by atoms with E-state index in [1.807, 2.05) is 19.2 Å². The topological polar surface area (TPSA) is 41.6 Å². The molecule has 2 aliphatic rings. The fourth-order valence-corrected chi connectivity index (χ4v) is 2.97. The Balaban J connectivity index is 1.58. The minimum Gasteiger partial charge on any atom is -0.370 e. The third-order valence-corrected chi connectivity index (χ3v) is 5.04. The number of rotatable bonds is 3.